The topological polar surface area (TPSA) is 105 Å². The Morgan fingerprint density at radius 3 is 2.62 bits per heavy atom. The summed E-state index contributed by atoms with van der Waals surface area (Å²) in [6.45, 7) is 8.73. The maximum atomic E-state index is 12.0. The summed E-state index contributed by atoms with van der Waals surface area (Å²) < 4.78 is 7.18. The SMILES string of the molecule is CCCCC(CNC(=O)OC(C)(C)C)NC(=NC)NCc1ccc(-n2ccnc2)nc1.I. The van der Waals surface area contributed by atoms with Crippen molar-refractivity contribution in [3.8, 4) is 5.82 Å². The molecule has 0 aliphatic rings. The van der Waals surface area contributed by atoms with E-state index in [9.17, 15) is 4.79 Å². The van der Waals surface area contributed by atoms with Crippen LogP contribution in [0.3, 0.4) is 0 Å². The largest absolute Gasteiger partial charge is 0.444 e. The van der Waals surface area contributed by atoms with Crippen molar-refractivity contribution >= 4 is 36.0 Å². The molecule has 178 valence electrons. The second-order valence-electron chi connectivity index (χ2n) is 8.29. The van der Waals surface area contributed by atoms with Crippen LogP contribution >= 0.6 is 24.0 Å². The Balaban J connectivity index is 0.00000512. The van der Waals surface area contributed by atoms with Crippen molar-refractivity contribution in [2.24, 2.45) is 4.99 Å². The van der Waals surface area contributed by atoms with Gasteiger partial charge in [0, 0.05) is 44.8 Å². The molecule has 0 aliphatic heterocycles. The molecule has 0 saturated heterocycles. The second-order valence-corrected chi connectivity index (χ2v) is 8.29. The molecule has 1 amide bonds. The number of halogens is 1. The van der Waals surface area contributed by atoms with E-state index in [2.05, 4.69) is 37.8 Å². The van der Waals surface area contributed by atoms with Gasteiger partial charge in [0.1, 0.15) is 17.7 Å². The van der Waals surface area contributed by atoms with Crippen molar-refractivity contribution in [1.82, 2.24) is 30.5 Å². The van der Waals surface area contributed by atoms with Gasteiger partial charge in [-0.2, -0.15) is 0 Å². The molecule has 2 rings (SSSR count). The van der Waals surface area contributed by atoms with Gasteiger partial charge in [-0.25, -0.2) is 14.8 Å². The van der Waals surface area contributed by atoms with Gasteiger partial charge in [0.05, 0.1) is 0 Å². The Bertz CT molecular complexity index is 818. The standard InChI is InChI=1S/C22H35N7O2.HI/c1-6-7-8-18(15-27-21(30)31-22(2,3)4)28-20(23-5)26-14-17-9-10-19(25-13-17)29-12-11-24-16-29;/h9-13,16,18H,6-8,14-15H2,1-5H3,(H,27,30)(H2,23,26,28);1H. The molecule has 1 unspecified atom stereocenters. The molecule has 9 nitrogen and oxygen atoms in total. The number of ether oxygens (including phenoxy) is 1. The Kier molecular flexibility index (Phi) is 12.0. The normalized spacial score (nSPS) is 12.5. The number of imidazole rings is 1. The van der Waals surface area contributed by atoms with Crippen LogP contribution in [0.25, 0.3) is 5.82 Å². The molecule has 2 aromatic heterocycles. The fraction of sp³-hybridized carbons (Fsp3) is 0.545. The number of hydrogen-bond donors (Lipinski definition) is 3. The number of aromatic nitrogens is 3. The predicted molar refractivity (Wildman–Crippen MR) is 138 cm³/mol. The highest BCUT2D eigenvalue weighted by atomic mass is 127. The third-order valence-electron chi connectivity index (χ3n) is 4.40. The highest BCUT2D eigenvalue weighted by Crippen LogP contribution is 2.07. The van der Waals surface area contributed by atoms with Gasteiger partial charge < -0.3 is 20.7 Å². The van der Waals surface area contributed by atoms with Crippen LogP contribution < -0.4 is 16.0 Å². The minimum absolute atomic E-state index is 0. The molecule has 32 heavy (non-hydrogen) atoms. The first-order valence-electron chi connectivity index (χ1n) is 10.7. The van der Waals surface area contributed by atoms with Crippen molar-refractivity contribution in [2.45, 2.75) is 65.1 Å². The van der Waals surface area contributed by atoms with E-state index in [1.54, 1.807) is 19.6 Å². The summed E-state index contributed by atoms with van der Waals surface area (Å²) in [4.78, 5) is 24.8. The van der Waals surface area contributed by atoms with Crippen LogP contribution in [0.5, 0.6) is 0 Å². The fourth-order valence-corrected chi connectivity index (χ4v) is 2.84. The third-order valence-corrected chi connectivity index (χ3v) is 4.40. The van der Waals surface area contributed by atoms with Crippen LogP contribution in [0.15, 0.2) is 42.0 Å². The quantitative estimate of drug-likeness (QED) is 0.247. The van der Waals surface area contributed by atoms with Crippen LogP contribution in [0.1, 0.15) is 52.5 Å². The molecule has 10 heteroatoms. The highest BCUT2D eigenvalue weighted by Gasteiger charge is 2.18. The van der Waals surface area contributed by atoms with E-state index < -0.39 is 11.7 Å². The second kappa shape index (κ2) is 13.9. The number of pyridine rings is 1. The van der Waals surface area contributed by atoms with Crippen molar-refractivity contribution in [1.29, 1.82) is 0 Å². The number of hydrogen-bond acceptors (Lipinski definition) is 5. The summed E-state index contributed by atoms with van der Waals surface area (Å²) >= 11 is 0. The summed E-state index contributed by atoms with van der Waals surface area (Å²) in [6.07, 6.45) is 9.74. The van der Waals surface area contributed by atoms with Gasteiger partial charge in [-0.15, -0.1) is 24.0 Å². The van der Waals surface area contributed by atoms with Gasteiger partial charge in [0.15, 0.2) is 5.96 Å². The lowest BCUT2D eigenvalue weighted by molar-refractivity contribution is 0.0523. The van der Waals surface area contributed by atoms with Crippen LogP contribution in [0.2, 0.25) is 0 Å². The van der Waals surface area contributed by atoms with Gasteiger partial charge in [-0.1, -0.05) is 25.8 Å². The first-order valence-corrected chi connectivity index (χ1v) is 10.7. The molecule has 2 heterocycles. The molecular weight excluding hydrogens is 521 g/mol. The van der Waals surface area contributed by atoms with Crippen LogP contribution in [0, 0.1) is 0 Å². The van der Waals surface area contributed by atoms with Crippen molar-refractivity contribution in [2.75, 3.05) is 13.6 Å². The maximum absolute atomic E-state index is 12.0. The monoisotopic (exact) mass is 557 g/mol. The van der Waals surface area contributed by atoms with Gasteiger partial charge in [-0.3, -0.25) is 9.56 Å². The molecule has 2 aromatic rings. The molecule has 0 fully saturated rings. The van der Waals surface area contributed by atoms with Crippen LogP contribution in [-0.2, 0) is 11.3 Å². The summed E-state index contributed by atoms with van der Waals surface area (Å²) in [6, 6.07) is 4.01. The van der Waals surface area contributed by atoms with Gasteiger partial charge in [0.2, 0.25) is 0 Å². The summed E-state index contributed by atoms with van der Waals surface area (Å²) in [5, 5.41) is 9.55. The molecule has 1 atom stereocenters. The average molecular weight is 557 g/mol. The third kappa shape index (κ3) is 10.3. The number of nitrogens with one attached hydrogen (secondary N) is 3. The molecule has 0 spiro atoms. The van der Waals surface area contributed by atoms with E-state index in [0.717, 1.165) is 30.6 Å². The molecule has 0 saturated carbocycles. The number of guanidine groups is 1. The number of rotatable bonds is 9. The summed E-state index contributed by atoms with van der Waals surface area (Å²) in [5.41, 5.74) is 0.513. The first kappa shape index (κ1) is 27.7. The number of unbranched alkanes of at least 4 members (excludes halogenated alkanes) is 1. The number of carbonyl (C=O) groups excluding carboxylic acids is 1. The summed E-state index contributed by atoms with van der Waals surface area (Å²) in [7, 11) is 1.73. The van der Waals surface area contributed by atoms with Crippen molar-refractivity contribution in [3.05, 3.63) is 42.6 Å². The van der Waals surface area contributed by atoms with Crippen molar-refractivity contribution < 1.29 is 9.53 Å². The zero-order chi connectivity index (χ0) is 22.7. The Morgan fingerprint density at radius 2 is 2.06 bits per heavy atom. The Labute approximate surface area is 207 Å². The fourth-order valence-electron chi connectivity index (χ4n) is 2.84. The summed E-state index contributed by atoms with van der Waals surface area (Å²) in [5.74, 6) is 1.49. The zero-order valence-corrected chi connectivity index (χ0v) is 21.9. The van der Waals surface area contributed by atoms with E-state index in [1.165, 1.54) is 0 Å². The Hall–Kier alpha value is -2.37. The van der Waals surface area contributed by atoms with Gasteiger partial charge in [-0.05, 0) is 38.8 Å². The lowest BCUT2D eigenvalue weighted by Crippen LogP contribution is -2.48. The molecule has 0 aliphatic carbocycles. The maximum Gasteiger partial charge on any atom is 0.407 e. The molecule has 0 bridgehead atoms. The Morgan fingerprint density at radius 1 is 1.28 bits per heavy atom. The van der Waals surface area contributed by atoms with E-state index in [-0.39, 0.29) is 30.0 Å². The van der Waals surface area contributed by atoms with Gasteiger partial charge >= 0.3 is 6.09 Å². The van der Waals surface area contributed by atoms with Crippen molar-refractivity contribution in [3.63, 3.8) is 0 Å². The van der Waals surface area contributed by atoms with Crippen LogP contribution in [-0.4, -0.2) is 51.8 Å². The smallest absolute Gasteiger partial charge is 0.407 e. The minimum Gasteiger partial charge on any atom is -0.444 e. The zero-order valence-electron chi connectivity index (χ0n) is 19.6. The van der Waals surface area contributed by atoms with Crippen LogP contribution in [0.4, 0.5) is 4.79 Å². The molecule has 0 radical (unpaired) electrons. The first-order chi connectivity index (χ1) is 14.8. The number of amides is 1. The number of carbonyl (C=O) groups is 1. The van der Waals surface area contributed by atoms with E-state index in [1.807, 2.05) is 49.9 Å². The average Bonchev–Trinajstić information content (AvgIpc) is 3.26. The number of alkyl carbamates (subject to hydrolysis) is 1. The predicted octanol–water partition coefficient (Wildman–Crippen LogP) is 3.63. The minimum atomic E-state index is -0.518. The lowest BCUT2D eigenvalue weighted by Gasteiger charge is -2.24. The number of aliphatic imine (C=N–C) groups is 1. The van der Waals surface area contributed by atoms with Gasteiger partial charge in [0.25, 0.3) is 0 Å². The molecular formula is C22H36IN7O2. The van der Waals surface area contributed by atoms with E-state index >= 15 is 0 Å². The van der Waals surface area contributed by atoms with E-state index in [4.69, 9.17) is 4.74 Å². The highest BCUT2D eigenvalue weighted by molar-refractivity contribution is 14.0. The molecule has 3 N–H and O–H groups in total. The lowest BCUT2D eigenvalue weighted by atomic mass is 10.1. The number of nitrogens with zero attached hydrogens (tertiary/aromatic N) is 4. The van der Waals surface area contributed by atoms with E-state index in [0.29, 0.717) is 19.0 Å². The molecule has 0 aromatic carbocycles.